The number of methoxy groups -OCH3 is 3. The van der Waals surface area contributed by atoms with E-state index in [-0.39, 0.29) is 18.9 Å². The molecule has 0 atom stereocenters. The molecule has 0 aliphatic carbocycles. The van der Waals surface area contributed by atoms with Gasteiger partial charge in [-0.25, -0.2) is 0 Å². The molecule has 0 fully saturated rings. The van der Waals surface area contributed by atoms with Crippen LogP contribution < -0.4 is 14.2 Å². The fraction of sp³-hybridized carbons (Fsp3) is 0.316. The summed E-state index contributed by atoms with van der Waals surface area (Å²) in [5, 5.41) is 0. The zero-order chi connectivity index (χ0) is 18.2. The van der Waals surface area contributed by atoms with Crippen molar-refractivity contribution in [3.8, 4) is 29.6 Å². The van der Waals surface area contributed by atoms with Gasteiger partial charge in [-0.05, 0) is 29.8 Å². The second kappa shape index (κ2) is 8.69. The number of terminal acetylenes is 1. The number of carbonyl (C=O) groups is 1. The minimum absolute atomic E-state index is 0.122. The fourth-order valence-corrected chi connectivity index (χ4v) is 2.46. The largest absolute Gasteiger partial charge is 0.493 e. The van der Waals surface area contributed by atoms with Gasteiger partial charge in [0.05, 0.1) is 47.1 Å². The smallest absolute Gasteiger partial charge is 0.228 e. The van der Waals surface area contributed by atoms with E-state index in [2.05, 4.69) is 5.92 Å². The van der Waals surface area contributed by atoms with Gasteiger partial charge in [-0.1, -0.05) is 5.92 Å². The van der Waals surface area contributed by atoms with E-state index in [4.69, 9.17) is 25.1 Å². The third kappa shape index (κ3) is 4.48. The van der Waals surface area contributed by atoms with Crippen molar-refractivity contribution >= 4 is 5.91 Å². The first-order valence-corrected chi connectivity index (χ1v) is 7.65. The van der Waals surface area contributed by atoms with Crippen LogP contribution in [0.4, 0.5) is 0 Å². The van der Waals surface area contributed by atoms with Crippen molar-refractivity contribution in [2.24, 2.45) is 0 Å². The molecule has 0 unspecified atom stereocenters. The normalized spacial score (nSPS) is 10.0. The molecule has 0 spiro atoms. The molecule has 6 heteroatoms. The maximum absolute atomic E-state index is 12.7. The molecule has 0 radical (unpaired) electrons. The van der Waals surface area contributed by atoms with E-state index in [1.165, 1.54) is 21.3 Å². The molecule has 0 saturated heterocycles. The SMILES string of the molecule is C#CCN(Cc1ccco1)C(=O)Cc1cc(OC)c(OC)c(OC)c1. The first-order valence-electron chi connectivity index (χ1n) is 7.65. The van der Waals surface area contributed by atoms with Crippen molar-refractivity contribution in [3.63, 3.8) is 0 Å². The minimum atomic E-state index is -0.122. The standard InChI is InChI=1S/C19H21NO5/c1-5-8-20(13-15-7-6-9-25-15)18(21)12-14-10-16(22-2)19(24-4)17(11-14)23-3/h1,6-7,9-11H,8,12-13H2,2-4H3. The number of amides is 1. The Morgan fingerprint density at radius 1 is 1.20 bits per heavy atom. The molecule has 1 aromatic heterocycles. The summed E-state index contributed by atoms with van der Waals surface area (Å²) < 4.78 is 21.2. The van der Waals surface area contributed by atoms with E-state index in [0.29, 0.717) is 29.6 Å². The van der Waals surface area contributed by atoms with Gasteiger partial charge >= 0.3 is 0 Å². The topological polar surface area (TPSA) is 61.1 Å². The molecule has 1 aromatic carbocycles. The molecular formula is C19H21NO5. The molecule has 6 nitrogen and oxygen atoms in total. The average molecular weight is 343 g/mol. The lowest BCUT2D eigenvalue weighted by Gasteiger charge is -2.20. The van der Waals surface area contributed by atoms with Crippen LogP contribution in [0, 0.1) is 12.3 Å². The predicted octanol–water partition coefficient (Wildman–Crippen LogP) is 2.51. The molecule has 0 aliphatic heterocycles. The molecule has 25 heavy (non-hydrogen) atoms. The number of nitrogens with zero attached hydrogens (tertiary/aromatic N) is 1. The predicted molar refractivity (Wildman–Crippen MR) is 92.8 cm³/mol. The van der Waals surface area contributed by atoms with Crippen molar-refractivity contribution < 1.29 is 23.4 Å². The van der Waals surface area contributed by atoms with Crippen LogP contribution in [0.3, 0.4) is 0 Å². The monoisotopic (exact) mass is 343 g/mol. The Balaban J connectivity index is 2.21. The van der Waals surface area contributed by atoms with Gasteiger partial charge in [0.2, 0.25) is 11.7 Å². The van der Waals surface area contributed by atoms with E-state index in [1.54, 1.807) is 35.4 Å². The summed E-state index contributed by atoms with van der Waals surface area (Å²) in [5.74, 6) is 4.54. The summed E-state index contributed by atoms with van der Waals surface area (Å²) in [6.45, 7) is 0.518. The maximum atomic E-state index is 12.7. The molecule has 2 rings (SSSR count). The van der Waals surface area contributed by atoms with E-state index >= 15 is 0 Å². The Kier molecular flexibility index (Phi) is 6.35. The van der Waals surface area contributed by atoms with E-state index < -0.39 is 0 Å². The van der Waals surface area contributed by atoms with Gasteiger partial charge in [0.15, 0.2) is 11.5 Å². The van der Waals surface area contributed by atoms with Crippen LogP contribution in [0.5, 0.6) is 17.2 Å². The van der Waals surface area contributed by atoms with Gasteiger partial charge in [0.1, 0.15) is 5.76 Å². The number of hydrogen-bond donors (Lipinski definition) is 0. The quantitative estimate of drug-likeness (QED) is 0.689. The Morgan fingerprint density at radius 3 is 2.36 bits per heavy atom. The van der Waals surface area contributed by atoms with Crippen LogP contribution in [-0.2, 0) is 17.8 Å². The molecule has 2 aromatic rings. The van der Waals surface area contributed by atoms with Crippen LogP contribution in [0.25, 0.3) is 0 Å². The molecule has 0 saturated carbocycles. The Bertz CT molecular complexity index is 721. The Labute approximate surface area is 147 Å². The van der Waals surface area contributed by atoms with Crippen molar-refractivity contribution in [1.82, 2.24) is 4.90 Å². The Hall–Kier alpha value is -3.07. The summed E-state index contributed by atoms with van der Waals surface area (Å²) in [6.07, 6.45) is 7.10. The summed E-state index contributed by atoms with van der Waals surface area (Å²) >= 11 is 0. The summed E-state index contributed by atoms with van der Waals surface area (Å²) in [4.78, 5) is 14.2. The van der Waals surface area contributed by atoms with Gasteiger partial charge in [-0.3, -0.25) is 4.79 Å². The van der Waals surface area contributed by atoms with E-state index in [0.717, 1.165) is 5.56 Å². The highest BCUT2D eigenvalue weighted by Crippen LogP contribution is 2.38. The van der Waals surface area contributed by atoms with Crippen molar-refractivity contribution in [2.45, 2.75) is 13.0 Å². The first kappa shape index (κ1) is 18.3. The molecule has 132 valence electrons. The second-order valence-corrected chi connectivity index (χ2v) is 5.24. The lowest BCUT2D eigenvalue weighted by Crippen LogP contribution is -2.32. The zero-order valence-corrected chi connectivity index (χ0v) is 14.6. The van der Waals surface area contributed by atoms with Crippen molar-refractivity contribution in [3.05, 3.63) is 41.9 Å². The minimum Gasteiger partial charge on any atom is -0.493 e. The first-order chi connectivity index (χ1) is 12.1. The molecule has 0 N–H and O–H groups in total. The molecule has 0 bridgehead atoms. The van der Waals surface area contributed by atoms with Gasteiger partial charge in [0, 0.05) is 0 Å². The molecule has 1 heterocycles. The lowest BCUT2D eigenvalue weighted by atomic mass is 10.1. The molecular weight excluding hydrogens is 322 g/mol. The van der Waals surface area contributed by atoms with Crippen LogP contribution in [0.1, 0.15) is 11.3 Å². The van der Waals surface area contributed by atoms with Crippen LogP contribution >= 0.6 is 0 Å². The Morgan fingerprint density at radius 2 is 1.88 bits per heavy atom. The number of furan rings is 1. The summed E-state index contributed by atoms with van der Waals surface area (Å²) in [6, 6.07) is 7.07. The number of benzene rings is 1. The number of ether oxygens (including phenoxy) is 3. The van der Waals surface area contributed by atoms with Gasteiger partial charge in [-0.15, -0.1) is 6.42 Å². The van der Waals surface area contributed by atoms with Gasteiger partial charge in [0.25, 0.3) is 0 Å². The highest BCUT2D eigenvalue weighted by Gasteiger charge is 2.18. The van der Waals surface area contributed by atoms with E-state index in [1.807, 2.05) is 0 Å². The average Bonchev–Trinajstić information content (AvgIpc) is 3.13. The van der Waals surface area contributed by atoms with Crippen molar-refractivity contribution in [1.29, 1.82) is 0 Å². The number of hydrogen-bond acceptors (Lipinski definition) is 5. The fourth-order valence-electron chi connectivity index (χ4n) is 2.46. The summed E-state index contributed by atoms with van der Waals surface area (Å²) in [7, 11) is 4.60. The number of carbonyl (C=O) groups excluding carboxylic acids is 1. The molecule has 1 amide bonds. The highest BCUT2D eigenvalue weighted by atomic mass is 16.5. The van der Waals surface area contributed by atoms with Crippen LogP contribution in [-0.4, -0.2) is 38.7 Å². The summed E-state index contributed by atoms with van der Waals surface area (Å²) in [5.41, 5.74) is 0.737. The van der Waals surface area contributed by atoms with Crippen LogP contribution in [0.15, 0.2) is 34.9 Å². The van der Waals surface area contributed by atoms with Gasteiger partial charge in [-0.2, -0.15) is 0 Å². The third-order valence-electron chi connectivity index (χ3n) is 3.64. The lowest BCUT2D eigenvalue weighted by molar-refractivity contribution is -0.130. The molecule has 0 aliphatic rings. The second-order valence-electron chi connectivity index (χ2n) is 5.24. The number of rotatable bonds is 8. The van der Waals surface area contributed by atoms with Crippen molar-refractivity contribution in [2.75, 3.05) is 27.9 Å². The van der Waals surface area contributed by atoms with Gasteiger partial charge < -0.3 is 23.5 Å². The third-order valence-corrected chi connectivity index (χ3v) is 3.64. The van der Waals surface area contributed by atoms with E-state index in [9.17, 15) is 4.79 Å². The zero-order valence-electron chi connectivity index (χ0n) is 14.6. The van der Waals surface area contributed by atoms with Crippen LogP contribution in [0.2, 0.25) is 0 Å². The highest BCUT2D eigenvalue weighted by molar-refractivity contribution is 5.79. The maximum Gasteiger partial charge on any atom is 0.228 e.